The number of rotatable bonds is 4. The number of allylic oxidation sites excluding steroid dienone is 1. The lowest BCUT2D eigenvalue weighted by Gasteiger charge is -2.09. The monoisotopic (exact) mass is 267 g/mol. The van der Waals surface area contributed by atoms with Crippen molar-refractivity contribution in [1.82, 2.24) is 0 Å². The van der Waals surface area contributed by atoms with Crippen molar-refractivity contribution < 1.29 is 14.7 Å². The van der Waals surface area contributed by atoms with E-state index < -0.39 is 5.97 Å². The summed E-state index contributed by atoms with van der Waals surface area (Å²) in [5, 5.41) is 11.9. The van der Waals surface area contributed by atoms with Crippen molar-refractivity contribution in [3.8, 4) is 0 Å². The molecule has 96 valence electrons. The van der Waals surface area contributed by atoms with Crippen LogP contribution in [0, 0.1) is 0 Å². The molecule has 1 rings (SSSR count). The zero-order chi connectivity index (χ0) is 13.7. The van der Waals surface area contributed by atoms with E-state index in [0.717, 1.165) is 6.42 Å². The summed E-state index contributed by atoms with van der Waals surface area (Å²) in [6.07, 6.45) is 2.51. The molecule has 0 aliphatic rings. The highest BCUT2D eigenvalue weighted by molar-refractivity contribution is 6.31. The summed E-state index contributed by atoms with van der Waals surface area (Å²) in [7, 11) is 0. The van der Waals surface area contributed by atoms with Crippen molar-refractivity contribution in [2.75, 3.05) is 5.32 Å². The zero-order valence-electron chi connectivity index (χ0n) is 10.2. The van der Waals surface area contributed by atoms with E-state index in [9.17, 15) is 9.59 Å². The van der Waals surface area contributed by atoms with Crippen LogP contribution in [0.4, 0.5) is 5.69 Å². The fourth-order valence-electron chi connectivity index (χ4n) is 1.42. The molecular formula is C13H14ClNO3. The first-order valence-electron chi connectivity index (χ1n) is 5.46. The molecule has 0 aliphatic carbocycles. The first kappa shape index (κ1) is 14.3. The predicted molar refractivity (Wildman–Crippen MR) is 71.1 cm³/mol. The van der Waals surface area contributed by atoms with Crippen LogP contribution < -0.4 is 5.32 Å². The average molecular weight is 268 g/mol. The van der Waals surface area contributed by atoms with Crippen LogP contribution in [0.5, 0.6) is 0 Å². The standard InChI is InChI=1S/C13H14ClNO3/c1-3-4-8(2)12(16)15-11-6-5-9(14)7-10(11)13(17)18/h4-7H,3H2,1-2H3,(H,15,16)(H,17,18)/b8-4+. The Morgan fingerprint density at radius 1 is 1.44 bits per heavy atom. The highest BCUT2D eigenvalue weighted by Crippen LogP contribution is 2.21. The maximum atomic E-state index is 11.8. The van der Waals surface area contributed by atoms with Crippen LogP contribution in [0.15, 0.2) is 29.8 Å². The molecule has 1 amide bonds. The van der Waals surface area contributed by atoms with Gasteiger partial charge in [-0.3, -0.25) is 4.79 Å². The summed E-state index contributed by atoms with van der Waals surface area (Å²) in [6.45, 7) is 3.59. The summed E-state index contributed by atoms with van der Waals surface area (Å²) < 4.78 is 0. The summed E-state index contributed by atoms with van der Waals surface area (Å²) in [5.74, 6) is -1.45. The van der Waals surface area contributed by atoms with Gasteiger partial charge in [-0.05, 0) is 31.5 Å². The number of carboxylic acids is 1. The molecule has 4 nitrogen and oxygen atoms in total. The number of benzene rings is 1. The number of amides is 1. The quantitative estimate of drug-likeness (QED) is 0.822. The van der Waals surface area contributed by atoms with Gasteiger partial charge in [-0.25, -0.2) is 4.79 Å². The van der Waals surface area contributed by atoms with Crippen LogP contribution in [0.1, 0.15) is 30.6 Å². The van der Waals surface area contributed by atoms with Crippen molar-refractivity contribution in [3.05, 3.63) is 40.4 Å². The Bertz CT molecular complexity index is 509. The second-order valence-electron chi connectivity index (χ2n) is 3.74. The highest BCUT2D eigenvalue weighted by atomic mass is 35.5. The van der Waals surface area contributed by atoms with Gasteiger partial charge in [-0.2, -0.15) is 0 Å². The number of carboxylic acid groups (broad SMARTS) is 1. The molecule has 5 heteroatoms. The number of aromatic carboxylic acids is 1. The van der Waals surface area contributed by atoms with Crippen LogP contribution in [0.3, 0.4) is 0 Å². The minimum Gasteiger partial charge on any atom is -0.478 e. The molecule has 0 aliphatic heterocycles. The van der Waals surface area contributed by atoms with Crippen LogP contribution in [0.25, 0.3) is 0 Å². The van der Waals surface area contributed by atoms with E-state index in [0.29, 0.717) is 10.6 Å². The largest absolute Gasteiger partial charge is 0.478 e. The molecule has 0 fully saturated rings. The number of carbonyl (C=O) groups excluding carboxylic acids is 1. The Hall–Kier alpha value is -1.81. The normalized spacial score (nSPS) is 11.2. The van der Waals surface area contributed by atoms with Gasteiger partial charge in [-0.15, -0.1) is 0 Å². The topological polar surface area (TPSA) is 66.4 Å². The second-order valence-corrected chi connectivity index (χ2v) is 4.18. The number of hydrogen-bond acceptors (Lipinski definition) is 2. The number of nitrogens with one attached hydrogen (secondary N) is 1. The third kappa shape index (κ3) is 3.60. The maximum absolute atomic E-state index is 11.8. The van der Waals surface area contributed by atoms with Crippen LogP contribution >= 0.6 is 11.6 Å². The smallest absolute Gasteiger partial charge is 0.337 e. The molecule has 0 bridgehead atoms. The number of anilines is 1. The molecule has 2 N–H and O–H groups in total. The lowest BCUT2D eigenvalue weighted by atomic mass is 10.1. The minimum absolute atomic E-state index is 0.0276. The third-order valence-corrected chi connectivity index (χ3v) is 2.56. The van der Waals surface area contributed by atoms with Gasteiger partial charge in [0.05, 0.1) is 11.3 Å². The SMILES string of the molecule is CC/C=C(\C)C(=O)Nc1ccc(Cl)cc1C(=O)O. The molecule has 1 aromatic carbocycles. The first-order chi connectivity index (χ1) is 8.45. The second kappa shape index (κ2) is 6.21. The molecule has 0 atom stereocenters. The van der Waals surface area contributed by atoms with E-state index in [2.05, 4.69) is 5.32 Å². The van der Waals surface area contributed by atoms with Gasteiger partial charge in [0.15, 0.2) is 0 Å². The Morgan fingerprint density at radius 3 is 2.67 bits per heavy atom. The summed E-state index contributed by atoms with van der Waals surface area (Å²) in [5.41, 5.74) is 0.754. The van der Waals surface area contributed by atoms with Gasteiger partial charge < -0.3 is 10.4 Å². The highest BCUT2D eigenvalue weighted by Gasteiger charge is 2.13. The van der Waals surface area contributed by atoms with E-state index >= 15 is 0 Å². The molecule has 0 saturated carbocycles. The van der Waals surface area contributed by atoms with Gasteiger partial charge in [0.25, 0.3) is 5.91 Å². The lowest BCUT2D eigenvalue weighted by molar-refractivity contribution is -0.112. The molecule has 0 spiro atoms. The predicted octanol–water partition coefficient (Wildman–Crippen LogP) is 3.33. The van der Waals surface area contributed by atoms with Crippen LogP contribution in [-0.2, 0) is 4.79 Å². The van der Waals surface area contributed by atoms with E-state index in [4.69, 9.17) is 16.7 Å². The Balaban J connectivity index is 3.01. The molecule has 0 heterocycles. The Labute approximate surface area is 110 Å². The van der Waals surface area contributed by atoms with E-state index in [1.54, 1.807) is 13.0 Å². The van der Waals surface area contributed by atoms with Gasteiger partial charge in [0.1, 0.15) is 0 Å². The van der Waals surface area contributed by atoms with Crippen molar-refractivity contribution in [2.24, 2.45) is 0 Å². The van der Waals surface area contributed by atoms with Crippen molar-refractivity contribution >= 4 is 29.2 Å². The van der Waals surface area contributed by atoms with Gasteiger partial charge in [0.2, 0.25) is 0 Å². The number of halogens is 1. The van der Waals surface area contributed by atoms with Crippen molar-refractivity contribution in [2.45, 2.75) is 20.3 Å². The summed E-state index contributed by atoms with van der Waals surface area (Å²) in [6, 6.07) is 4.31. The fraction of sp³-hybridized carbons (Fsp3) is 0.231. The number of carbonyl (C=O) groups is 2. The Kier molecular flexibility index (Phi) is 4.92. The third-order valence-electron chi connectivity index (χ3n) is 2.33. The molecule has 18 heavy (non-hydrogen) atoms. The first-order valence-corrected chi connectivity index (χ1v) is 5.84. The molecule has 0 saturated heterocycles. The van der Waals surface area contributed by atoms with Crippen molar-refractivity contribution in [3.63, 3.8) is 0 Å². The van der Waals surface area contributed by atoms with Gasteiger partial charge in [-0.1, -0.05) is 24.6 Å². The Morgan fingerprint density at radius 2 is 2.11 bits per heavy atom. The number of hydrogen-bond donors (Lipinski definition) is 2. The summed E-state index contributed by atoms with van der Waals surface area (Å²) >= 11 is 5.72. The molecule has 0 aromatic heterocycles. The molecule has 1 aromatic rings. The summed E-state index contributed by atoms with van der Waals surface area (Å²) in [4.78, 5) is 22.8. The molecule has 0 unspecified atom stereocenters. The van der Waals surface area contributed by atoms with Gasteiger partial charge >= 0.3 is 5.97 Å². The fourth-order valence-corrected chi connectivity index (χ4v) is 1.59. The maximum Gasteiger partial charge on any atom is 0.337 e. The van der Waals surface area contributed by atoms with E-state index in [1.807, 2.05) is 6.92 Å². The minimum atomic E-state index is -1.13. The zero-order valence-corrected chi connectivity index (χ0v) is 10.9. The van der Waals surface area contributed by atoms with Crippen LogP contribution in [-0.4, -0.2) is 17.0 Å². The molecule has 0 radical (unpaired) electrons. The lowest BCUT2D eigenvalue weighted by Crippen LogP contribution is -2.15. The molecular weight excluding hydrogens is 254 g/mol. The van der Waals surface area contributed by atoms with E-state index in [1.165, 1.54) is 18.2 Å². The van der Waals surface area contributed by atoms with Crippen LogP contribution in [0.2, 0.25) is 5.02 Å². The van der Waals surface area contributed by atoms with Crippen molar-refractivity contribution in [1.29, 1.82) is 0 Å². The van der Waals surface area contributed by atoms with E-state index in [-0.39, 0.29) is 17.2 Å². The average Bonchev–Trinajstić information content (AvgIpc) is 2.31. The van der Waals surface area contributed by atoms with Gasteiger partial charge in [0, 0.05) is 10.6 Å².